The second-order valence-corrected chi connectivity index (χ2v) is 6.42. The number of amides is 2. The van der Waals surface area contributed by atoms with Gasteiger partial charge < -0.3 is 10.6 Å². The molecule has 2 N–H and O–H groups in total. The van der Waals surface area contributed by atoms with E-state index < -0.39 is 0 Å². The standard InChI is InChI=1S/C20H19ClN4O2/c1-2-5-19(26)23-16-7-4-8-17(11-16)24-20(27)14-12-22-25(13-14)18-9-3-6-15(21)10-18/h3-4,6-13H,2,5H2,1H3,(H,23,26)(H,24,27). The van der Waals surface area contributed by atoms with Crippen LogP contribution in [0.5, 0.6) is 0 Å². The summed E-state index contributed by atoms with van der Waals surface area (Å²) >= 11 is 5.99. The second-order valence-electron chi connectivity index (χ2n) is 5.99. The Kier molecular flexibility index (Phi) is 5.88. The highest BCUT2D eigenvalue weighted by Gasteiger charge is 2.11. The van der Waals surface area contributed by atoms with Gasteiger partial charge in [0.15, 0.2) is 0 Å². The monoisotopic (exact) mass is 382 g/mol. The van der Waals surface area contributed by atoms with Crippen molar-refractivity contribution in [2.24, 2.45) is 0 Å². The van der Waals surface area contributed by atoms with Crippen LogP contribution in [-0.4, -0.2) is 21.6 Å². The van der Waals surface area contributed by atoms with Crippen molar-refractivity contribution >= 4 is 34.8 Å². The Hall–Kier alpha value is -3.12. The lowest BCUT2D eigenvalue weighted by molar-refractivity contribution is -0.116. The fraction of sp³-hybridized carbons (Fsp3) is 0.150. The fourth-order valence-electron chi connectivity index (χ4n) is 2.53. The minimum atomic E-state index is -0.291. The van der Waals surface area contributed by atoms with E-state index in [9.17, 15) is 9.59 Å². The molecule has 2 amide bonds. The van der Waals surface area contributed by atoms with Crippen LogP contribution in [0.15, 0.2) is 60.9 Å². The van der Waals surface area contributed by atoms with Gasteiger partial charge in [0, 0.05) is 29.0 Å². The molecule has 0 unspecified atom stereocenters. The summed E-state index contributed by atoms with van der Waals surface area (Å²) in [7, 11) is 0. The Morgan fingerprint density at radius 2 is 1.81 bits per heavy atom. The number of hydrogen-bond acceptors (Lipinski definition) is 3. The van der Waals surface area contributed by atoms with Crippen LogP contribution in [0.1, 0.15) is 30.1 Å². The first-order valence-corrected chi connectivity index (χ1v) is 8.95. The first-order chi connectivity index (χ1) is 13.0. The maximum atomic E-state index is 12.5. The molecule has 138 valence electrons. The van der Waals surface area contributed by atoms with E-state index >= 15 is 0 Å². The number of hydrogen-bond donors (Lipinski definition) is 2. The van der Waals surface area contributed by atoms with Crippen molar-refractivity contribution in [1.82, 2.24) is 9.78 Å². The first-order valence-electron chi connectivity index (χ1n) is 8.57. The van der Waals surface area contributed by atoms with Gasteiger partial charge in [-0.25, -0.2) is 4.68 Å². The highest BCUT2D eigenvalue weighted by molar-refractivity contribution is 6.30. The number of rotatable bonds is 6. The highest BCUT2D eigenvalue weighted by Crippen LogP contribution is 2.18. The van der Waals surface area contributed by atoms with E-state index in [1.165, 1.54) is 6.20 Å². The van der Waals surface area contributed by atoms with Crippen molar-refractivity contribution in [2.75, 3.05) is 10.6 Å². The minimum absolute atomic E-state index is 0.0521. The van der Waals surface area contributed by atoms with Crippen molar-refractivity contribution in [1.29, 1.82) is 0 Å². The van der Waals surface area contributed by atoms with E-state index in [4.69, 9.17) is 11.6 Å². The lowest BCUT2D eigenvalue weighted by Crippen LogP contribution is -2.13. The summed E-state index contributed by atoms with van der Waals surface area (Å²) in [5.74, 6) is -0.343. The Bertz CT molecular complexity index is 968. The Morgan fingerprint density at radius 1 is 1.07 bits per heavy atom. The second kappa shape index (κ2) is 8.51. The van der Waals surface area contributed by atoms with Gasteiger partial charge in [0.1, 0.15) is 0 Å². The number of benzene rings is 2. The van der Waals surface area contributed by atoms with Crippen LogP contribution in [0.2, 0.25) is 5.02 Å². The third kappa shape index (κ3) is 4.95. The lowest BCUT2D eigenvalue weighted by Gasteiger charge is -2.08. The summed E-state index contributed by atoms with van der Waals surface area (Å²) in [6.07, 6.45) is 4.36. The molecule has 0 aliphatic rings. The van der Waals surface area contributed by atoms with E-state index in [1.54, 1.807) is 47.3 Å². The zero-order chi connectivity index (χ0) is 19.2. The fourth-order valence-corrected chi connectivity index (χ4v) is 2.71. The van der Waals surface area contributed by atoms with E-state index in [0.29, 0.717) is 28.4 Å². The molecule has 0 saturated heterocycles. The number of carbonyl (C=O) groups is 2. The van der Waals surface area contributed by atoms with Crippen LogP contribution in [0.4, 0.5) is 11.4 Å². The van der Waals surface area contributed by atoms with Crippen LogP contribution in [0, 0.1) is 0 Å². The average molecular weight is 383 g/mol. The van der Waals surface area contributed by atoms with Gasteiger partial charge in [0.05, 0.1) is 17.4 Å². The zero-order valence-corrected chi connectivity index (χ0v) is 15.5. The summed E-state index contributed by atoms with van der Waals surface area (Å²) in [5.41, 5.74) is 2.41. The number of aromatic nitrogens is 2. The summed E-state index contributed by atoms with van der Waals surface area (Å²) < 4.78 is 1.59. The third-order valence-corrected chi connectivity index (χ3v) is 4.03. The smallest absolute Gasteiger partial charge is 0.258 e. The van der Waals surface area contributed by atoms with Crippen LogP contribution in [0.25, 0.3) is 5.69 Å². The summed E-state index contributed by atoms with van der Waals surface area (Å²) in [6, 6.07) is 14.2. The van der Waals surface area contributed by atoms with Gasteiger partial charge in [-0.15, -0.1) is 0 Å². The van der Waals surface area contributed by atoms with Gasteiger partial charge in [-0.1, -0.05) is 30.7 Å². The number of carbonyl (C=O) groups excluding carboxylic acids is 2. The normalized spacial score (nSPS) is 10.4. The molecule has 2 aromatic carbocycles. The molecule has 0 fully saturated rings. The van der Waals surface area contributed by atoms with Crippen molar-refractivity contribution in [3.05, 3.63) is 71.5 Å². The van der Waals surface area contributed by atoms with Crippen LogP contribution >= 0.6 is 11.6 Å². The molecule has 0 aliphatic heterocycles. The number of nitrogens with one attached hydrogen (secondary N) is 2. The zero-order valence-electron chi connectivity index (χ0n) is 14.8. The van der Waals surface area contributed by atoms with Crippen LogP contribution in [-0.2, 0) is 4.79 Å². The molecule has 3 rings (SSSR count). The minimum Gasteiger partial charge on any atom is -0.326 e. The van der Waals surface area contributed by atoms with Gasteiger partial charge in [-0.3, -0.25) is 9.59 Å². The van der Waals surface area contributed by atoms with E-state index in [2.05, 4.69) is 15.7 Å². The highest BCUT2D eigenvalue weighted by atomic mass is 35.5. The maximum absolute atomic E-state index is 12.5. The third-order valence-electron chi connectivity index (χ3n) is 3.80. The van der Waals surface area contributed by atoms with Gasteiger partial charge in [-0.05, 0) is 42.8 Å². The van der Waals surface area contributed by atoms with Crippen LogP contribution in [0.3, 0.4) is 0 Å². The first kappa shape index (κ1) is 18.7. The molecule has 27 heavy (non-hydrogen) atoms. The molecule has 1 heterocycles. The summed E-state index contributed by atoms with van der Waals surface area (Å²) in [6.45, 7) is 1.94. The molecule has 7 heteroatoms. The van der Waals surface area contributed by atoms with E-state index in [-0.39, 0.29) is 11.8 Å². The molecule has 1 aromatic heterocycles. The molecular weight excluding hydrogens is 364 g/mol. The molecule has 0 radical (unpaired) electrons. The van der Waals surface area contributed by atoms with Crippen molar-refractivity contribution in [3.8, 4) is 5.69 Å². The average Bonchev–Trinajstić information content (AvgIpc) is 3.12. The molecule has 0 aliphatic carbocycles. The van der Waals surface area contributed by atoms with Gasteiger partial charge in [0.25, 0.3) is 5.91 Å². The number of anilines is 2. The van der Waals surface area contributed by atoms with Gasteiger partial charge in [0.2, 0.25) is 5.91 Å². The van der Waals surface area contributed by atoms with E-state index in [0.717, 1.165) is 12.1 Å². The van der Waals surface area contributed by atoms with Crippen molar-refractivity contribution < 1.29 is 9.59 Å². The summed E-state index contributed by atoms with van der Waals surface area (Å²) in [4.78, 5) is 24.2. The summed E-state index contributed by atoms with van der Waals surface area (Å²) in [5, 5.41) is 10.4. The number of halogens is 1. The quantitative estimate of drug-likeness (QED) is 0.658. The molecule has 0 spiro atoms. The Balaban J connectivity index is 1.70. The topological polar surface area (TPSA) is 76.0 Å². The van der Waals surface area contributed by atoms with Crippen molar-refractivity contribution in [2.45, 2.75) is 19.8 Å². The molecule has 0 atom stereocenters. The van der Waals surface area contributed by atoms with Crippen LogP contribution < -0.4 is 10.6 Å². The molecule has 0 saturated carbocycles. The predicted molar refractivity (Wildman–Crippen MR) is 107 cm³/mol. The number of nitrogens with zero attached hydrogens (tertiary/aromatic N) is 2. The Morgan fingerprint density at radius 3 is 2.56 bits per heavy atom. The van der Waals surface area contributed by atoms with Crippen molar-refractivity contribution in [3.63, 3.8) is 0 Å². The maximum Gasteiger partial charge on any atom is 0.258 e. The Labute approximate surface area is 162 Å². The van der Waals surface area contributed by atoms with E-state index in [1.807, 2.05) is 19.1 Å². The van der Waals surface area contributed by atoms with Gasteiger partial charge >= 0.3 is 0 Å². The molecule has 3 aromatic rings. The molecular formula is C20H19ClN4O2. The molecule has 6 nitrogen and oxygen atoms in total. The lowest BCUT2D eigenvalue weighted by atomic mass is 10.2. The predicted octanol–water partition coefficient (Wildman–Crippen LogP) is 4.52. The SMILES string of the molecule is CCCC(=O)Nc1cccc(NC(=O)c2cnn(-c3cccc(Cl)c3)c2)c1. The largest absolute Gasteiger partial charge is 0.326 e. The van der Waals surface area contributed by atoms with Gasteiger partial charge in [-0.2, -0.15) is 5.10 Å². The molecule has 0 bridgehead atoms.